The molecule has 7 nitrogen and oxygen atoms in total. The lowest BCUT2D eigenvalue weighted by Gasteiger charge is -2.37. The summed E-state index contributed by atoms with van der Waals surface area (Å²) in [5.41, 5.74) is 2.49. The number of nitrogens with zero attached hydrogens (tertiary/aromatic N) is 2. The first-order valence-corrected chi connectivity index (χ1v) is 12.5. The van der Waals surface area contributed by atoms with Crippen LogP contribution in [0, 0.1) is 0 Å². The van der Waals surface area contributed by atoms with Gasteiger partial charge in [-0.25, -0.2) is 0 Å². The van der Waals surface area contributed by atoms with E-state index in [-0.39, 0.29) is 30.9 Å². The molecule has 1 unspecified atom stereocenters. The number of rotatable bonds is 9. The Morgan fingerprint density at radius 2 is 1.78 bits per heavy atom. The van der Waals surface area contributed by atoms with Gasteiger partial charge in [-0.15, -0.1) is 17.9 Å². The summed E-state index contributed by atoms with van der Waals surface area (Å²) in [6, 6.07) is 14.7. The SMILES string of the molecule is C=CCN(CC(=O)N1CCc2sccc2C1c1ccc(OC)cc1)C(=O)c1ccc(OC)cc1OC. The standard InChI is InChI=1S/C28H30N2O5S/c1-5-14-29(28(32)22-11-10-21(34-3)17-24(22)35-4)18-26(31)30-15-12-25-23(13-16-36-25)27(30)19-6-8-20(33-2)9-7-19/h5-11,13,16-17,27H,1,12,14-15,18H2,2-4H3. The highest BCUT2D eigenvalue weighted by atomic mass is 32.1. The van der Waals surface area contributed by atoms with Crippen molar-refractivity contribution >= 4 is 23.2 Å². The zero-order valence-electron chi connectivity index (χ0n) is 20.7. The number of hydrogen-bond donors (Lipinski definition) is 0. The molecular formula is C28H30N2O5S. The zero-order valence-corrected chi connectivity index (χ0v) is 21.5. The number of carbonyl (C=O) groups excluding carboxylic acids is 2. The molecule has 2 aromatic carbocycles. The van der Waals surface area contributed by atoms with E-state index >= 15 is 0 Å². The molecule has 0 spiro atoms. The molecule has 4 rings (SSSR count). The van der Waals surface area contributed by atoms with Crippen molar-refractivity contribution in [3.8, 4) is 17.2 Å². The number of thiophene rings is 1. The maximum absolute atomic E-state index is 13.7. The van der Waals surface area contributed by atoms with E-state index in [1.165, 1.54) is 16.9 Å². The van der Waals surface area contributed by atoms with Crippen molar-refractivity contribution in [1.82, 2.24) is 9.80 Å². The van der Waals surface area contributed by atoms with Gasteiger partial charge in [-0.3, -0.25) is 9.59 Å². The average molecular weight is 507 g/mol. The van der Waals surface area contributed by atoms with Gasteiger partial charge in [0.15, 0.2) is 0 Å². The largest absolute Gasteiger partial charge is 0.497 e. The van der Waals surface area contributed by atoms with Crippen LogP contribution in [0.4, 0.5) is 0 Å². The smallest absolute Gasteiger partial charge is 0.258 e. The monoisotopic (exact) mass is 506 g/mol. The second-order valence-electron chi connectivity index (χ2n) is 8.35. The van der Waals surface area contributed by atoms with Gasteiger partial charge in [-0.1, -0.05) is 18.2 Å². The van der Waals surface area contributed by atoms with Gasteiger partial charge >= 0.3 is 0 Å². The molecule has 0 N–H and O–H groups in total. The van der Waals surface area contributed by atoms with Crippen LogP contribution in [0.25, 0.3) is 0 Å². The molecule has 1 aromatic heterocycles. The summed E-state index contributed by atoms with van der Waals surface area (Å²) in [6.45, 7) is 4.51. The molecule has 3 aromatic rings. The predicted molar refractivity (Wildman–Crippen MR) is 140 cm³/mol. The lowest BCUT2D eigenvalue weighted by molar-refractivity contribution is -0.133. The van der Waals surface area contributed by atoms with Gasteiger partial charge < -0.3 is 24.0 Å². The molecule has 2 heterocycles. The molecule has 36 heavy (non-hydrogen) atoms. The normalized spacial score (nSPS) is 14.5. The summed E-state index contributed by atoms with van der Waals surface area (Å²) in [5.74, 6) is 1.29. The fourth-order valence-corrected chi connectivity index (χ4v) is 5.41. The van der Waals surface area contributed by atoms with Gasteiger partial charge in [0.1, 0.15) is 23.8 Å². The third-order valence-electron chi connectivity index (χ3n) is 6.32. The Hall–Kier alpha value is -3.78. The third-order valence-corrected chi connectivity index (χ3v) is 7.32. The van der Waals surface area contributed by atoms with E-state index in [9.17, 15) is 9.59 Å². The highest BCUT2D eigenvalue weighted by Gasteiger charge is 2.34. The summed E-state index contributed by atoms with van der Waals surface area (Å²) in [6.07, 6.45) is 2.41. The first-order valence-electron chi connectivity index (χ1n) is 11.6. The van der Waals surface area contributed by atoms with Crippen molar-refractivity contribution in [2.24, 2.45) is 0 Å². The lowest BCUT2D eigenvalue weighted by atomic mass is 9.93. The summed E-state index contributed by atoms with van der Waals surface area (Å²) in [4.78, 5) is 31.9. The maximum Gasteiger partial charge on any atom is 0.258 e. The Kier molecular flexibility index (Phi) is 7.95. The van der Waals surface area contributed by atoms with E-state index < -0.39 is 0 Å². The summed E-state index contributed by atoms with van der Waals surface area (Å²) in [7, 11) is 4.68. The molecule has 2 amide bonds. The summed E-state index contributed by atoms with van der Waals surface area (Å²) < 4.78 is 16.0. The minimum absolute atomic E-state index is 0.0772. The van der Waals surface area contributed by atoms with E-state index in [2.05, 4.69) is 18.0 Å². The fourth-order valence-electron chi connectivity index (χ4n) is 4.51. The summed E-state index contributed by atoms with van der Waals surface area (Å²) in [5, 5.41) is 2.07. The Labute approximate surface area is 215 Å². The lowest BCUT2D eigenvalue weighted by Crippen LogP contribution is -2.46. The van der Waals surface area contributed by atoms with Crippen molar-refractivity contribution in [3.63, 3.8) is 0 Å². The Morgan fingerprint density at radius 3 is 2.44 bits per heavy atom. The maximum atomic E-state index is 13.7. The molecule has 8 heteroatoms. The zero-order chi connectivity index (χ0) is 25.7. The number of fused-ring (bicyclic) bond motifs is 1. The van der Waals surface area contributed by atoms with Crippen LogP contribution in [0.5, 0.6) is 17.2 Å². The molecule has 188 valence electrons. The van der Waals surface area contributed by atoms with Gasteiger partial charge in [-0.05, 0) is 53.3 Å². The van der Waals surface area contributed by atoms with Crippen molar-refractivity contribution in [2.45, 2.75) is 12.5 Å². The number of hydrogen-bond acceptors (Lipinski definition) is 6. The van der Waals surface area contributed by atoms with Crippen molar-refractivity contribution in [3.05, 3.63) is 88.1 Å². The van der Waals surface area contributed by atoms with Crippen LogP contribution in [0.1, 0.15) is 32.4 Å². The topological polar surface area (TPSA) is 68.3 Å². The minimum Gasteiger partial charge on any atom is -0.497 e. The first-order chi connectivity index (χ1) is 17.5. The van der Waals surface area contributed by atoms with Crippen LogP contribution in [0.15, 0.2) is 66.6 Å². The molecule has 0 radical (unpaired) electrons. The molecule has 0 fully saturated rings. The van der Waals surface area contributed by atoms with E-state index in [0.717, 1.165) is 23.3 Å². The van der Waals surface area contributed by atoms with E-state index in [4.69, 9.17) is 14.2 Å². The summed E-state index contributed by atoms with van der Waals surface area (Å²) >= 11 is 1.71. The number of methoxy groups -OCH3 is 3. The van der Waals surface area contributed by atoms with Gasteiger partial charge in [0.05, 0.1) is 32.9 Å². The fraction of sp³-hybridized carbons (Fsp3) is 0.286. The highest BCUT2D eigenvalue weighted by molar-refractivity contribution is 7.10. The van der Waals surface area contributed by atoms with Gasteiger partial charge in [0.2, 0.25) is 5.91 Å². The first kappa shape index (κ1) is 25.3. The highest BCUT2D eigenvalue weighted by Crippen LogP contribution is 2.38. The van der Waals surface area contributed by atoms with Crippen LogP contribution in [-0.4, -0.2) is 62.6 Å². The van der Waals surface area contributed by atoms with Gasteiger partial charge in [0, 0.05) is 24.0 Å². The third kappa shape index (κ3) is 5.09. The molecule has 0 saturated heterocycles. The quantitative estimate of drug-likeness (QED) is 0.398. The molecule has 1 atom stereocenters. The van der Waals surface area contributed by atoms with Gasteiger partial charge in [0.25, 0.3) is 5.91 Å². The number of carbonyl (C=O) groups is 2. The van der Waals surface area contributed by atoms with Gasteiger partial charge in [-0.2, -0.15) is 0 Å². The van der Waals surface area contributed by atoms with Crippen LogP contribution in [0.2, 0.25) is 0 Å². The number of ether oxygens (including phenoxy) is 3. The molecule has 0 aliphatic carbocycles. The second-order valence-corrected chi connectivity index (χ2v) is 9.35. The molecule has 1 aliphatic rings. The van der Waals surface area contributed by atoms with Crippen molar-refractivity contribution in [1.29, 1.82) is 0 Å². The van der Waals surface area contributed by atoms with Crippen LogP contribution in [-0.2, 0) is 11.2 Å². The molecular weight excluding hydrogens is 476 g/mol. The van der Waals surface area contributed by atoms with E-state index in [0.29, 0.717) is 23.6 Å². The van der Waals surface area contributed by atoms with E-state index in [1.54, 1.807) is 49.8 Å². The number of benzene rings is 2. The predicted octanol–water partition coefficient (Wildman–Crippen LogP) is 4.58. The molecule has 1 aliphatic heterocycles. The Bertz CT molecular complexity index is 1240. The molecule has 0 bridgehead atoms. The van der Waals surface area contributed by atoms with Crippen molar-refractivity contribution in [2.75, 3.05) is 41.0 Å². The van der Waals surface area contributed by atoms with Crippen LogP contribution >= 0.6 is 11.3 Å². The van der Waals surface area contributed by atoms with Crippen LogP contribution in [0.3, 0.4) is 0 Å². The average Bonchev–Trinajstić information content (AvgIpc) is 3.40. The molecule has 0 saturated carbocycles. The van der Waals surface area contributed by atoms with E-state index in [1.807, 2.05) is 29.2 Å². The Balaban J connectivity index is 1.62. The second kappa shape index (κ2) is 11.3. The minimum atomic E-state index is -0.308. The van der Waals surface area contributed by atoms with Crippen molar-refractivity contribution < 1.29 is 23.8 Å². The van der Waals surface area contributed by atoms with Crippen LogP contribution < -0.4 is 14.2 Å². The Morgan fingerprint density at radius 1 is 1.06 bits per heavy atom. The number of amides is 2.